The molecule has 2 aliphatic carbocycles. The van der Waals surface area contributed by atoms with Crippen molar-refractivity contribution in [2.45, 2.75) is 98.0 Å². The summed E-state index contributed by atoms with van der Waals surface area (Å²) >= 11 is 0. The quantitative estimate of drug-likeness (QED) is 0.149. The molecular weight excluding hydrogens is 468 g/mol. The van der Waals surface area contributed by atoms with Crippen molar-refractivity contribution < 1.29 is 14.3 Å². The van der Waals surface area contributed by atoms with Gasteiger partial charge in [-0.25, -0.2) is 0 Å². The molecule has 3 heteroatoms. The highest BCUT2D eigenvalue weighted by Gasteiger charge is 2.32. The Morgan fingerprint density at radius 2 is 1.87 bits per heavy atom. The average Bonchev–Trinajstić information content (AvgIpc) is 2.92. The van der Waals surface area contributed by atoms with Gasteiger partial charge in [0.05, 0.1) is 6.10 Å². The van der Waals surface area contributed by atoms with E-state index in [1.54, 1.807) is 6.08 Å². The van der Waals surface area contributed by atoms with Gasteiger partial charge in [-0.3, -0.25) is 9.59 Å². The monoisotopic (exact) mass is 518 g/mol. The summed E-state index contributed by atoms with van der Waals surface area (Å²) in [5.41, 5.74) is 4.76. The molecule has 1 aromatic rings. The van der Waals surface area contributed by atoms with Crippen molar-refractivity contribution in [1.29, 1.82) is 0 Å². The molecule has 38 heavy (non-hydrogen) atoms. The SMILES string of the molecule is C=CC(=O)C1CCC(CCC2C(=O)C=Cc3ccc(C/C(C=C)=C/CCCOC(C)C)cc32)[C@@H](C)C1.CC. The summed E-state index contributed by atoms with van der Waals surface area (Å²) in [7, 11) is 0. The molecule has 3 nitrogen and oxygen atoms in total. The van der Waals surface area contributed by atoms with E-state index in [4.69, 9.17) is 4.74 Å². The van der Waals surface area contributed by atoms with E-state index in [-0.39, 0.29) is 29.5 Å². The third-order valence-electron chi connectivity index (χ3n) is 7.95. The first-order valence-corrected chi connectivity index (χ1v) is 14.8. The molecule has 3 rings (SSSR count). The van der Waals surface area contributed by atoms with Gasteiger partial charge in [0.2, 0.25) is 0 Å². The van der Waals surface area contributed by atoms with Crippen molar-refractivity contribution in [3.05, 3.63) is 77.9 Å². The van der Waals surface area contributed by atoms with Crippen LogP contribution in [0.2, 0.25) is 0 Å². The summed E-state index contributed by atoms with van der Waals surface area (Å²) in [5.74, 6) is 1.52. The minimum Gasteiger partial charge on any atom is -0.379 e. The number of unbranched alkanes of at least 4 members (excludes halogenated alkanes) is 1. The smallest absolute Gasteiger partial charge is 0.163 e. The van der Waals surface area contributed by atoms with E-state index in [0.717, 1.165) is 69.1 Å². The Bertz CT molecular complexity index is 996. The highest BCUT2D eigenvalue weighted by Crippen LogP contribution is 2.40. The zero-order valence-electron chi connectivity index (χ0n) is 24.5. The number of benzene rings is 1. The number of ketones is 2. The average molecular weight is 519 g/mol. The second-order valence-corrected chi connectivity index (χ2v) is 10.9. The van der Waals surface area contributed by atoms with Gasteiger partial charge in [-0.05, 0) is 111 Å². The first kappa shape index (κ1) is 31.7. The number of fused-ring (bicyclic) bond motifs is 1. The fourth-order valence-corrected chi connectivity index (χ4v) is 5.77. The first-order valence-electron chi connectivity index (χ1n) is 14.8. The second kappa shape index (κ2) is 16.4. The molecule has 3 unspecified atom stereocenters. The summed E-state index contributed by atoms with van der Waals surface area (Å²) in [4.78, 5) is 25.0. The zero-order valence-corrected chi connectivity index (χ0v) is 24.5. The van der Waals surface area contributed by atoms with Crippen LogP contribution in [0.25, 0.3) is 6.08 Å². The number of rotatable bonds is 13. The van der Waals surface area contributed by atoms with E-state index in [9.17, 15) is 9.59 Å². The van der Waals surface area contributed by atoms with Crippen LogP contribution in [-0.2, 0) is 20.7 Å². The van der Waals surface area contributed by atoms with Crippen LogP contribution in [0.15, 0.2) is 61.2 Å². The van der Waals surface area contributed by atoms with Crippen molar-refractivity contribution in [2.75, 3.05) is 6.61 Å². The normalized spacial score (nSPS) is 22.9. The highest BCUT2D eigenvalue weighted by molar-refractivity contribution is 6.01. The molecule has 0 radical (unpaired) electrons. The van der Waals surface area contributed by atoms with E-state index in [2.05, 4.69) is 58.2 Å². The van der Waals surface area contributed by atoms with Crippen LogP contribution in [0.4, 0.5) is 0 Å². The van der Waals surface area contributed by atoms with Gasteiger partial charge in [0, 0.05) is 18.4 Å². The number of carbonyl (C=O) groups is 2. The zero-order chi connectivity index (χ0) is 28.1. The first-order chi connectivity index (χ1) is 18.3. The number of hydrogen-bond donors (Lipinski definition) is 0. The molecule has 0 aliphatic heterocycles. The third kappa shape index (κ3) is 9.34. The Balaban J connectivity index is 0.00000247. The summed E-state index contributed by atoms with van der Waals surface area (Å²) in [6, 6.07) is 6.57. The Morgan fingerprint density at radius 3 is 2.53 bits per heavy atom. The molecule has 0 aromatic heterocycles. The van der Waals surface area contributed by atoms with Crippen molar-refractivity contribution >= 4 is 17.6 Å². The Labute approximate surface area is 232 Å². The molecule has 0 amide bonds. The molecule has 0 saturated heterocycles. The van der Waals surface area contributed by atoms with Crippen LogP contribution in [0, 0.1) is 17.8 Å². The maximum absolute atomic E-state index is 12.9. The summed E-state index contributed by atoms with van der Waals surface area (Å²) in [6.45, 7) is 18.8. The molecule has 1 saturated carbocycles. The van der Waals surface area contributed by atoms with E-state index in [0.29, 0.717) is 11.8 Å². The number of allylic oxidation sites excluding steroid dienone is 5. The van der Waals surface area contributed by atoms with E-state index in [1.807, 2.05) is 26.0 Å². The standard InChI is InChI=1S/C33H44O3.C2H6/c1-6-25(10-8-9-19-36-23(3)4)21-26-11-12-28-16-18-33(35)30(31(28)22-26)17-15-27-13-14-29(20-24(27)5)32(34)7-2;1-2/h6-7,10-12,16,18,22-24,27,29-30H,1-2,8-9,13-15,17,19-21H2,3-5H3;1-2H3/b25-10+;/t24-,27?,29?,30?;/m0./s1. The largest absolute Gasteiger partial charge is 0.379 e. The van der Waals surface area contributed by atoms with E-state index >= 15 is 0 Å². The van der Waals surface area contributed by atoms with Gasteiger partial charge < -0.3 is 4.74 Å². The Hall–Kier alpha value is -2.52. The lowest BCUT2D eigenvalue weighted by molar-refractivity contribution is -0.120. The van der Waals surface area contributed by atoms with Gasteiger partial charge in [0.15, 0.2) is 11.6 Å². The van der Waals surface area contributed by atoms with Gasteiger partial charge in [0.25, 0.3) is 0 Å². The topological polar surface area (TPSA) is 43.4 Å². The molecular formula is C35H50O3. The van der Waals surface area contributed by atoms with Crippen LogP contribution in [0.5, 0.6) is 0 Å². The van der Waals surface area contributed by atoms with Crippen molar-refractivity contribution in [3.8, 4) is 0 Å². The predicted molar refractivity (Wildman–Crippen MR) is 161 cm³/mol. The van der Waals surface area contributed by atoms with E-state index in [1.165, 1.54) is 17.2 Å². The van der Waals surface area contributed by atoms with E-state index < -0.39 is 0 Å². The van der Waals surface area contributed by atoms with Crippen LogP contribution in [0.1, 0.15) is 102 Å². The predicted octanol–water partition coefficient (Wildman–Crippen LogP) is 8.84. The summed E-state index contributed by atoms with van der Waals surface area (Å²) in [6.07, 6.45) is 17.3. The third-order valence-corrected chi connectivity index (χ3v) is 7.95. The van der Waals surface area contributed by atoms with Crippen LogP contribution in [-0.4, -0.2) is 24.3 Å². The molecule has 1 fully saturated rings. The van der Waals surface area contributed by atoms with Crippen molar-refractivity contribution in [3.63, 3.8) is 0 Å². The molecule has 0 N–H and O–H groups in total. The molecule has 0 spiro atoms. The fraction of sp³-hybridized carbons (Fsp3) is 0.543. The Morgan fingerprint density at radius 1 is 1.11 bits per heavy atom. The lowest BCUT2D eigenvalue weighted by atomic mass is 9.70. The summed E-state index contributed by atoms with van der Waals surface area (Å²) < 4.78 is 5.64. The summed E-state index contributed by atoms with van der Waals surface area (Å²) in [5, 5.41) is 0. The lowest BCUT2D eigenvalue weighted by Crippen LogP contribution is -2.27. The van der Waals surface area contributed by atoms with Crippen LogP contribution < -0.4 is 0 Å². The molecule has 0 bridgehead atoms. The highest BCUT2D eigenvalue weighted by atomic mass is 16.5. The van der Waals surface area contributed by atoms with Gasteiger partial charge >= 0.3 is 0 Å². The molecule has 1 aromatic carbocycles. The van der Waals surface area contributed by atoms with Gasteiger partial charge in [-0.1, -0.05) is 70.4 Å². The minimum atomic E-state index is -0.0750. The number of carbonyl (C=O) groups excluding carboxylic acids is 2. The van der Waals surface area contributed by atoms with Crippen molar-refractivity contribution in [2.24, 2.45) is 17.8 Å². The second-order valence-electron chi connectivity index (χ2n) is 10.9. The number of hydrogen-bond acceptors (Lipinski definition) is 3. The fourth-order valence-electron chi connectivity index (χ4n) is 5.77. The maximum Gasteiger partial charge on any atom is 0.163 e. The maximum atomic E-state index is 12.9. The molecule has 4 atom stereocenters. The molecule has 2 aliphatic rings. The molecule has 0 heterocycles. The Kier molecular flexibility index (Phi) is 13.7. The lowest BCUT2D eigenvalue weighted by Gasteiger charge is -2.34. The van der Waals surface area contributed by atoms with Gasteiger partial charge in [-0.15, -0.1) is 0 Å². The van der Waals surface area contributed by atoms with Gasteiger partial charge in [-0.2, -0.15) is 0 Å². The minimum absolute atomic E-state index is 0.0750. The molecule has 208 valence electrons. The van der Waals surface area contributed by atoms with Crippen LogP contribution >= 0.6 is 0 Å². The van der Waals surface area contributed by atoms with Crippen molar-refractivity contribution in [1.82, 2.24) is 0 Å². The number of ether oxygens (including phenoxy) is 1. The van der Waals surface area contributed by atoms with Gasteiger partial charge in [0.1, 0.15) is 0 Å². The van der Waals surface area contributed by atoms with Crippen LogP contribution in [0.3, 0.4) is 0 Å².